The SMILES string of the molecule is CC(=O)/C=C(/C)O.Cc1ccc2c(n1)oc1c(-c3nccc4cc(-c5ccccc5)oc34)[c-]ccc12.[Ir]. The number of furan rings is 2. The molecule has 6 nitrogen and oxygen atoms in total. The van der Waals surface area contributed by atoms with Crippen LogP contribution in [0, 0.1) is 13.0 Å². The predicted octanol–water partition coefficient (Wildman–Crippen LogP) is 7.60. The molecule has 0 fully saturated rings. The second kappa shape index (κ2) is 10.9. The fourth-order valence-electron chi connectivity index (χ4n) is 4.07. The summed E-state index contributed by atoms with van der Waals surface area (Å²) in [6, 6.07) is 25.3. The van der Waals surface area contributed by atoms with Gasteiger partial charge in [0.2, 0.25) is 5.71 Å². The van der Waals surface area contributed by atoms with E-state index in [1.54, 1.807) is 6.20 Å². The van der Waals surface area contributed by atoms with Gasteiger partial charge >= 0.3 is 0 Å². The number of aliphatic hydroxyl groups excluding tert-OH is 1. The normalized spacial score (nSPS) is 11.3. The number of aryl methyl sites for hydroxylation is 1. The van der Waals surface area contributed by atoms with Gasteiger partial charge in [0.15, 0.2) is 5.78 Å². The minimum atomic E-state index is -0.125. The zero-order valence-electron chi connectivity index (χ0n) is 20.4. The molecule has 4 heterocycles. The molecule has 0 saturated carbocycles. The Labute approximate surface area is 227 Å². The van der Waals surface area contributed by atoms with E-state index in [2.05, 4.69) is 16.0 Å². The third-order valence-electron chi connectivity index (χ3n) is 5.58. The van der Waals surface area contributed by atoms with Gasteiger partial charge in [-0.1, -0.05) is 41.3 Å². The number of carbonyl (C=O) groups excluding carboxylic acids is 1. The van der Waals surface area contributed by atoms with Crippen LogP contribution >= 0.6 is 0 Å². The zero-order chi connectivity index (χ0) is 25.2. The molecule has 1 radical (unpaired) electrons. The summed E-state index contributed by atoms with van der Waals surface area (Å²) in [6.07, 6.45) is 2.96. The quantitative estimate of drug-likeness (QED) is 0.119. The van der Waals surface area contributed by atoms with Gasteiger partial charge in [-0.15, -0.1) is 18.2 Å². The van der Waals surface area contributed by atoms with Crippen molar-refractivity contribution in [3.8, 4) is 22.6 Å². The Balaban J connectivity index is 0.000000356. The van der Waals surface area contributed by atoms with Crippen LogP contribution in [0.15, 0.2) is 93.6 Å². The summed E-state index contributed by atoms with van der Waals surface area (Å²) in [5, 5.41) is 11.3. The van der Waals surface area contributed by atoms with E-state index < -0.39 is 0 Å². The Morgan fingerprint density at radius 3 is 2.46 bits per heavy atom. The van der Waals surface area contributed by atoms with Crippen LogP contribution in [-0.4, -0.2) is 20.9 Å². The minimum Gasteiger partial charge on any atom is -0.512 e. The third kappa shape index (κ3) is 5.38. The number of carbonyl (C=O) groups is 1. The first-order valence-electron chi connectivity index (χ1n) is 11.4. The molecule has 1 N–H and O–H groups in total. The number of ketones is 1. The van der Waals surface area contributed by atoms with Crippen molar-refractivity contribution in [3.05, 3.63) is 96.5 Å². The largest absolute Gasteiger partial charge is 0.512 e. The first kappa shape index (κ1) is 26.0. The predicted molar refractivity (Wildman–Crippen MR) is 141 cm³/mol. The maximum atomic E-state index is 10.0. The Kier molecular flexibility index (Phi) is 7.67. The van der Waals surface area contributed by atoms with Crippen molar-refractivity contribution < 1.29 is 38.8 Å². The van der Waals surface area contributed by atoms with Gasteiger partial charge in [-0.25, -0.2) is 4.98 Å². The van der Waals surface area contributed by atoms with Crippen LogP contribution in [0.3, 0.4) is 0 Å². The molecule has 7 heteroatoms. The Morgan fingerprint density at radius 2 is 1.76 bits per heavy atom. The molecule has 0 bridgehead atoms. The number of rotatable bonds is 3. The van der Waals surface area contributed by atoms with Gasteiger partial charge in [0.25, 0.3) is 0 Å². The second-order valence-electron chi connectivity index (χ2n) is 8.45. The van der Waals surface area contributed by atoms with Gasteiger partial charge in [-0.05, 0) is 45.0 Å². The summed E-state index contributed by atoms with van der Waals surface area (Å²) < 4.78 is 12.4. The molecule has 37 heavy (non-hydrogen) atoms. The van der Waals surface area contributed by atoms with E-state index in [1.807, 2.05) is 73.7 Å². The molecule has 0 atom stereocenters. The van der Waals surface area contributed by atoms with Crippen LogP contribution in [0.1, 0.15) is 19.5 Å². The van der Waals surface area contributed by atoms with Crippen molar-refractivity contribution in [2.24, 2.45) is 0 Å². The minimum absolute atomic E-state index is 0. The van der Waals surface area contributed by atoms with Gasteiger partial charge in [-0.2, -0.15) is 0 Å². The van der Waals surface area contributed by atoms with E-state index in [0.29, 0.717) is 11.4 Å². The topological polar surface area (TPSA) is 89.4 Å². The molecule has 6 aromatic rings. The fourth-order valence-corrected chi connectivity index (χ4v) is 4.07. The summed E-state index contributed by atoms with van der Waals surface area (Å²) in [5.74, 6) is 0.747. The molecule has 2 aromatic carbocycles. The number of allylic oxidation sites excluding steroid dienone is 2. The third-order valence-corrected chi connectivity index (χ3v) is 5.58. The van der Waals surface area contributed by atoms with Gasteiger partial charge in [-0.3, -0.25) is 4.79 Å². The standard InChI is InChI=1S/C25H15N2O2.C5H8O2.Ir/c1-15-10-11-19-18-8-5-9-20(24(18)29-25(19)27-15)22-23-17(12-13-26-22)14-21(28-23)16-6-3-2-4-7-16;1-4(6)3-5(2)7;/h2-8,10-14H,1H3;3,6H,1-2H3;/q-1;;/b;4-3-;. The van der Waals surface area contributed by atoms with Gasteiger partial charge in [0.1, 0.15) is 11.3 Å². The smallest absolute Gasteiger partial charge is 0.216 e. The van der Waals surface area contributed by atoms with Crippen LogP contribution in [0.5, 0.6) is 0 Å². The van der Waals surface area contributed by atoms with Crippen LogP contribution in [0.2, 0.25) is 0 Å². The summed E-state index contributed by atoms with van der Waals surface area (Å²) in [6.45, 7) is 4.80. The fraction of sp³-hybridized carbons (Fsp3) is 0.100. The van der Waals surface area contributed by atoms with Crippen LogP contribution in [-0.2, 0) is 24.9 Å². The molecule has 0 aliphatic carbocycles. The average Bonchev–Trinajstić information content (AvgIpc) is 3.45. The maximum absolute atomic E-state index is 10.0. The molecule has 0 spiro atoms. The number of aromatic nitrogens is 2. The number of nitrogens with zero attached hydrogens (tertiary/aromatic N) is 2. The molecule has 0 amide bonds. The first-order chi connectivity index (χ1) is 17.4. The molecule has 6 rings (SSSR count). The number of hydrogen-bond acceptors (Lipinski definition) is 6. The van der Waals surface area contributed by atoms with Crippen molar-refractivity contribution in [2.45, 2.75) is 20.8 Å². The van der Waals surface area contributed by atoms with Gasteiger partial charge in [0, 0.05) is 60.1 Å². The van der Waals surface area contributed by atoms with E-state index in [1.165, 1.54) is 19.9 Å². The molecule has 0 aliphatic heterocycles. The first-order valence-corrected chi connectivity index (χ1v) is 11.4. The monoisotopic (exact) mass is 668 g/mol. The Bertz CT molecular complexity index is 1750. The van der Waals surface area contributed by atoms with Crippen molar-refractivity contribution in [2.75, 3.05) is 0 Å². The molecule has 4 aromatic heterocycles. The van der Waals surface area contributed by atoms with E-state index in [0.717, 1.165) is 49.9 Å². The van der Waals surface area contributed by atoms with Crippen LogP contribution in [0.25, 0.3) is 55.6 Å². The summed E-state index contributed by atoms with van der Waals surface area (Å²) in [5.41, 5.74) is 5.50. The molecular formula is C30H23IrN2O4-. The maximum Gasteiger partial charge on any atom is 0.216 e. The van der Waals surface area contributed by atoms with Gasteiger partial charge < -0.3 is 18.9 Å². The summed E-state index contributed by atoms with van der Waals surface area (Å²) in [7, 11) is 0. The van der Waals surface area contributed by atoms with Crippen molar-refractivity contribution in [3.63, 3.8) is 0 Å². The number of fused-ring (bicyclic) bond motifs is 4. The van der Waals surface area contributed by atoms with E-state index in [9.17, 15) is 4.79 Å². The summed E-state index contributed by atoms with van der Waals surface area (Å²) >= 11 is 0. The zero-order valence-corrected chi connectivity index (χ0v) is 22.8. The molecule has 0 aliphatic rings. The van der Waals surface area contributed by atoms with Crippen molar-refractivity contribution >= 4 is 38.8 Å². The molecular weight excluding hydrogens is 645 g/mol. The van der Waals surface area contributed by atoms with Crippen molar-refractivity contribution in [1.29, 1.82) is 0 Å². The molecule has 187 valence electrons. The van der Waals surface area contributed by atoms with E-state index in [-0.39, 0.29) is 31.6 Å². The number of pyridine rings is 2. The number of benzene rings is 2. The van der Waals surface area contributed by atoms with E-state index in [4.69, 9.17) is 13.9 Å². The number of aliphatic hydroxyl groups is 1. The molecule has 0 saturated heterocycles. The second-order valence-corrected chi connectivity index (χ2v) is 8.45. The average molecular weight is 668 g/mol. The van der Waals surface area contributed by atoms with E-state index >= 15 is 0 Å². The van der Waals surface area contributed by atoms with Crippen LogP contribution in [0.4, 0.5) is 0 Å². The van der Waals surface area contributed by atoms with Crippen molar-refractivity contribution in [1.82, 2.24) is 9.97 Å². The summed E-state index contributed by atoms with van der Waals surface area (Å²) in [4.78, 5) is 19.2. The Morgan fingerprint density at radius 1 is 0.973 bits per heavy atom. The molecule has 0 unspecified atom stereocenters. The van der Waals surface area contributed by atoms with Crippen LogP contribution < -0.4 is 0 Å². The number of hydrogen-bond donors (Lipinski definition) is 1. The Hall–Kier alpha value is -4.06. The van der Waals surface area contributed by atoms with Gasteiger partial charge in [0.05, 0.1) is 11.3 Å².